The molecular weight excluding hydrogens is 834 g/mol. The van der Waals surface area contributed by atoms with E-state index in [4.69, 9.17) is 67.5 Å². The lowest BCUT2D eigenvalue weighted by Crippen LogP contribution is -2.43. The highest BCUT2D eigenvalue weighted by Gasteiger charge is 2.36. The molecular formula is C42H35Cl5N4O6. The van der Waals surface area contributed by atoms with Crippen LogP contribution in [-0.2, 0) is 0 Å². The molecule has 2 N–H and O–H groups in total. The second kappa shape index (κ2) is 15.1. The first-order chi connectivity index (χ1) is 27.5. The van der Waals surface area contributed by atoms with E-state index in [1.54, 1.807) is 51.6 Å². The van der Waals surface area contributed by atoms with Gasteiger partial charge in [0.2, 0.25) is 0 Å². The normalized spacial score (nSPS) is 17.5. The van der Waals surface area contributed by atoms with Gasteiger partial charge in [-0.1, -0.05) is 64.1 Å². The molecule has 2 aromatic heterocycles. The number of anilines is 2. The number of aromatic nitrogens is 2. The Kier molecular flexibility index (Phi) is 10.1. The first kappa shape index (κ1) is 38.1. The Bertz CT molecular complexity index is 2610. The second-order valence-electron chi connectivity index (χ2n) is 14.7. The molecule has 2 fully saturated rings. The van der Waals surface area contributed by atoms with Crippen LogP contribution in [-0.4, -0.2) is 70.2 Å². The van der Waals surface area contributed by atoms with E-state index in [-0.39, 0.29) is 23.4 Å². The van der Waals surface area contributed by atoms with Crippen LogP contribution in [0.4, 0.5) is 11.4 Å². The molecule has 0 radical (unpaired) electrons. The summed E-state index contributed by atoms with van der Waals surface area (Å²) in [4.78, 5) is 30.3. The standard InChI is InChI=1S/C42H35Cl5N4O6/c43-23-5-4-6-24(17-23)51-31-20-29(46)28(45)19-26(31)37(39(51)41(52)53)49-15-11-22(12-16-49)34-21-56-33-18-25(7-10-32(33)57-34)50-30-9-8-27(44)36(47)35(30)38(40(50)42(54)55)48-13-2-1-3-14-48/h4-10,17-20,22,34H,1-3,11-16,21H2,(H,52,53)(H,54,55). The van der Waals surface area contributed by atoms with E-state index in [0.717, 1.165) is 32.4 Å². The van der Waals surface area contributed by atoms with Crippen LogP contribution in [0.15, 0.2) is 66.7 Å². The van der Waals surface area contributed by atoms with Crippen molar-refractivity contribution < 1.29 is 29.3 Å². The molecule has 0 amide bonds. The van der Waals surface area contributed by atoms with Gasteiger partial charge in [0.25, 0.3) is 0 Å². The van der Waals surface area contributed by atoms with E-state index >= 15 is 0 Å². The summed E-state index contributed by atoms with van der Waals surface area (Å²) in [5, 5.41) is 24.4. The van der Waals surface area contributed by atoms with Crippen LogP contribution >= 0.6 is 58.0 Å². The molecule has 3 aliphatic rings. The number of carboxylic acids is 2. The van der Waals surface area contributed by atoms with Crippen LogP contribution in [0.1, 0.15) is 53.1 Å². The predicted molar refractivity (Wildman–Crippen MR) is 226 cm³/mol. The van der Waals surface area contributed by atoms with E-state index < -0.39 is 11.9 Å². The van der Waals surface area contributed by atoms with E-state index in [1.165, 1.54) is 0 Å². The van der Waals surface area contributed by atoms with Gasteiger partial charge in [0, 0.05) is 59.6 Å². The maximum Gasteiger partial charge on any atom is 0.355 e. The van der Waals surface area contributed by atoms with Crippen molar-refractivity contribution >= 4 is 103 Å². The zero-order valence-corrected chi connectivity index (χ0v) is 34.1. The summed E-state index contributed by atoms with van der Waals surface area (Å²) in [7, 11) is 0. The van der Waals surface area contributed by atoms with E-state index in [0.29, 0.717) is 114 Å². The maximum atomic E-state index is 13.0. The fourth-order valence-corrected chi connectivity index (χ4v) is 9.71. The average molecular weight is 869 g/mol. The van der Waals surface area contributed by atoms with E-state index in [2.05, 4.69) is 9.80 Å². The van der Waals surface area contributed by atoms with Crippen molar-refractivity contribution in [1.82, 2.24) is 9.13 Å². The molecule has 2 saturated heterocycles. The Balaban J connectivity index is 0.996. The van der Waals surface area contributed by atoms with Crippen molar-refractivity contribution in [3.05, 3.63) is 103 Å². The van der Waals surface area contributed by atoms with Crippen molar-refractivity contribution in [2.45, 2.75) is 38.2 Å². The third-order valence-electron chi connectivity index (χ3n) is 11.4. The smallest absolute Gasteiger partial charge is 0.355 e. The zero-order chi connectivity index (χ0) is 39.7. The summed E-state index contributed by atoms with van der Waals surface area (Å²) >= 11 is 32.7. The van der Waals surface area contributed by atoms with Gasteiger partial charge in [0.15, 0.2) is 22.9 Å². The van der Waals surface area contributed by atoms with Crippen molar-refractivity contribution in [3.8, 4) is 22.9 Å². The number of halogens is 5. The SMILES string of the molecule is O=C(O)c1c(N2CCC(C3COc4cc(-n5c(C(=O)O)c(N6CCCCC6)c6c(Cl)c(Cl)ccc65)ccc4O3)CC2)c2cc(Cl)c(Cl)cc2n1-c1cccc(Cl)c1. The summed E-state index contributed by atoms with van der Waals surface area (Å²) in [5.41, 5.74) is 3.79. The molecule has 4 aromatic carbocycles. The number of rotatable bonds is 7. The summed E-state index contributed by atoms with van der Waals surface area (Å²) in [6, 6.07) is 19.4. The van der Waals surface area contributed by atoms with Crippen LogP contribution in [0.3, 0.4) is 0 Å². The van der Waals surface area contributed by atoms with Crippen LogP contribution in [0.2, 0.25) is 25.1 Å². The van der Waals surface area contributed by atoms with Gasteiger partial charge in [-0.25, -0.2) is 9.59 Å². The van der Waals surface area contributed by atoms with Crippen LogP contribution < -0.4 is 19.3 Å². The molecule has 10 nitrogen and oxygen atoms in total. The number of nitrogens with zero attached hydrogens (tertiary/aromatic N) is 4. The van der Waals surface area contributed by atoms with Gasteiger partial charge in [-0.05, 0) is 86.7 Å². The van der Waals surface area contributed by atoms with Gasteiger partial charge in [-0.3, -0.25) is 0 Å². The number of piperidine rings is 2. The topological polar surface area (TPSA) is 109 Å². The van der Waals surface area contributed by atoms with Crippen molar-refractivity contribution in [2.24, 2.45) is 5.92 Å². The third kappa shape index (κ3) is 6.59. The predicted octanol–water partition coefficient (Wildman–Crippen LogP) is 11.3. The molecule has 1 unspecified atom stereocenters. The van der Waals surface area contributed by atoms with Gasteiger partial charge in [-0.15, -0.1) is 0 Å². The summed E-state index contributed by atoms with van der Waals surface area (Å²) in [5.74, 6) is -0.973. The molecule has 1 atom stereocenters. The number of fused-ring (bicyclic) bond motifs is 3. The highest BCUT2D eigenvalue weighted by Crippen LogP contribution is 2.46. The number of hydrogen-bond donors (Lipinski definition) is 2. The summed E-state index contributed by atoms with van der Waals surface area (Å²) < 4.78 is 16.3. The van der Waals surface area contributed by atoms with Gasteiger partial charge < -0.3 is 38.6 Å². The molecule has 0 aliphatic carbocycles. The lowest BCUT2D eigenvalue weighted by atomic mass is 9.90. The Hall–Kier alpha value is -4.45. The molecule has 0 bridgehead atoms. The van der Waals surface area contributed by atoms with Crippen LogP contribution in [0, 0.1) is 5.92 Å². The summed E-state index contributed by atoms with van der Waals surface area (Å²) in [6.45, 7) is 2.87. The first-order valence-electron chi connectivity index (χ1n) is 18.7. The molecule has 3 aliphatic heterocycles. The Labute approximate surface area is 352 Å². The van der Waals surface area contributed by atoms with E-state index in [1.807, 2.05) is 24.3 Å². The molecule has 294 valence electrons. The number of hydrogen-bond acceptors (Lipinski definition) is 6. The fraction of sp³-hybridized carbons (Fsp3) is 0.286. The Morgan fingerprint density at radius 3 is 2.04 bits per heavy atom. The lowest BCUT2D eigenvalue weighted by molar-refractivity contribution is 0.0389. The minimum Gasteiger partial charge on any atom is -0.486 e. The molecule has 5 heterocycles. The van der Waals surface area contributed by atoms with Gasteiger partial charge >= 0.3 is 11.9 Å². The number of aromatic carboxylic acids is 2. The molecule has 9 rings (SSSR count). The van der Waals surface area contributed by atoms with Gasteiger partial charge in [-0.2, -0.15) is 0 Å². The van der Waals surface area contributed by atoms with Crippen molar-refractivity contribution in [3.63, 3.8) is 0 Å². The average Bonchev–Trinajstić information content (AvgIpc) is 3.73. The van der Waals surface area contributed by atoms with Crippen molar-refractivity contribution in [1.29, 1.82) is 0 Å². The van der Waals surface area contributed by atoms with E-state index in [9.17, 15) is 19.8 Å². The second-order valence-corrected chi connectivity index (χ2v) is 16.7. The van der Waals surface area contributed by atoms with Crippen molar-refractivity contribution in [2.75, 3.05) is 42.6 Å². The third-order valence-corrected chi connectivity index (χ3v) is 13.1. The van der Waals surface area contributed by atoms with Crippen LogP contribution in [0.5, 0.6) is 11.5 Å². The number of ether oxygens (including phenoxy) is 2. The number of carboxylic acid groups (broad SMARTS) is 2. The maximum absolute atomic E-state index is 13.0. The Morgan fingerprint density at radius 1 is 0.649 bits per heavy atom. The highest BCUT2D eigenvalue weighted by atomic mass is 35.5. The molecule has 15 heteroatoms. The number of benzene rings is 4. The lowest BCUT2D eigenvalue weighted by Gasteiger charge is -2.38. The molecule has 0 saturated carbocycles. The highest BCUT2D eigenvalue weighted by molar-refractivity contribution is 6.46. The first-order valence-corrected chi connectivity index (χ1v) is 20.6. The number of carbonyl (C=O) groups is 2. The molecule has 57 heavy (non-hydrogen) atoms. The fourth-order valence-electron chi connectivity index (χ4n) is 8.79. The minimum atomic E-state index is -1.09. The minimum absolute atomic E-state index is 0.0981. The van der Waals surface area contributed by atoms with Gasteiger partial charge in [0.1, 0.15) is 12.7 Å². The summed E-state index contributed by atoms with van der Waals surface area (Å²) in [6.07, 6.45) is 4.17. The largest absolute Gasteiger partial charge is 0.486 e. The monoisotopic (exact) mass is 866 g/mol. The van der Waals surface area contributed by atoms with Crippen LogP contribution in [0.25, 0.3) is 33.2 Å². The molecule has 6 aromatic rings. The Morgan fingerprint density at radius 2 is 1.32 bits per heavy atom. The molecule has 0 spiro atoms. The quantitative estimate of drug-likeness (QED) is 0.163. The zero-order valence-electron chi connectivity index (χ0n) is 30.3. The van der Waals surface area contributed by atoms with Gasteiger partial charge in [0.05, 0.1) is 48.2 Å².